The molecule has 102 valence electrons. The first kappa shape index (κ1) is 12.7. The molecule has 1 saturated heterocycles. The first-order valence-electron chi connectivity index (χ1n) is 6.37. The predicted octanol–water partition coefficient (Wildman–Crippen LogP) is 0.944. The van der Waals surface area contributed by atoms with E-state index in [4.69, 9.17) is 4.74 Å². The van der Waals surface area contributed by atoms with E-state index < -0.39 is 0 Å². The number of rotatable bonds is 4. The van der Waals surface area contributed by atoms with Crippen molar-refractivity contribution in [1.29, 1.82) is 0 Å². The molecule has 2 aromatic heterocycles. The molecule has 0 amide bonds. The van der Waals surface area contributed by atoms with E-state index in [9.17, 15) is 0 Å². The molecule has 0 aromatic carbocycles. The minimum atomic E-state index is 0.185. The largest absolute Gasteiger partial charge is 0.374 e. The van der Waals surface area contributed by atoms with Crippen LogP contribution in [0.2, 0.25) is 0 Å². The molecule has 1 aliphatic heterocycles. The minimum Gasteiger partial charge on any atom is -0.374 e. The van der Waals surface area contributed by atoms with Gasteiger partial charge in [0.25, 0.3) is 0 Å². The van der Waals surface area contributed by atoms with Gasteiger partial charge in [-0.1, -0.05) is 0 Å². The quantitative estimate of drug-likeness (QED) is 0.834. The zero-order valence-corrected chi connectivity index (χ0v) is 11.7. The standard InChI is InChI=1S/C12H17N5OS/c1-10-14-4-12(19-10)7-16-2-3-18-11(5-16)6-17-9-13-8-15-17/h4,8-9,11H,2-3,5-7H2,1H3/t11-/m0/s1. The fourth-order valence-electron chi connectivity index (χ4n) is 2.27. The minimum absolute atomic E-state index is 0.185. The summed E-state index contributed by atoms with van der Waals surface area (Å²) in [5, 5.41) is 5.25. The van der Waals surface area contributed by atoms with Gasteiger partial charge in [-0.15, -0.1) is 11.3 Å². The molecule has 2 aromatic rings. The first-order chi connectivity index (χ1) is 9.29. The van der Waals surface area contributed by atoms with Gasteiger partial charge in [-0.25, -0.2) is 9.97 Å². The van der Waals surface area contributed by atoms with Crippen LogP contribution in [0.4, 0.5) is 0 Å². The molecule has 1 atom stereocenters. The topological polar surface area (TPSA) is 56.1 Å². The summed E-state index contributed by atoms with van der Waals surface area (Å²) < 4.78 is 7.61. The van der Waals surface area contributed by atoms with E-state index in [1.54, 1.807) is 24.0 Å². The summed E-state index contributed by atoms with van der Waals surface area (Å²) >= 11 is 1.77. The smallest absolute Gasteiger partial charge is 0.137 e. The van der Waals surface area contributed by atoms with E-state index in [1.165, 1.54) is 4.88 Å². The van der Waals surface area contributed by atoms with Gasteiger partial charge >= 0.3 is 0 Å². The number of aromatic nitrogens is 4. The molecule has 1 fully saturated rings. The lowest BCUT2D eigenvalue weighted by Crippen LogP contribution is -2.43. The van der Waals surface area contributed by atoms with Crippen LogP contribution in [0.3, 0.4) is 0 Å². The lowest BCUT2D eigenvalue weighted by molar-refractivity contribution is -0.0400. The third-order valence-electron chi connectivity index (χ3n) is 3.13. The van der Waals surface area contributed by atoms with Crippen molar-refractivity contribution in [3.63, 3.8) is 0 Å². The van der Waals surface area contributed by atoms with E-state index in [0.717, 1.165) is 37.8 Å². The number of hydrogen-bond donors (Lipinski definition) is 0. The molecule has 19 heavy (non-hydrogen) atoms. The van der Waals surface area contributed by atoms with E-state index >= 15 is 0 Å². The Morgan fingerprint density at radius 3 is 3.21 bits per heavy atom. The molecule has 6 nitrogen and oxygen atoms in total. The lowest BCUT2D eigenvalue weighted by atomic mass is 10.2. The van der Waals surface area contributed by atoms with Gasteiger partial charge in [0.05, 0.1) is 24.3 Å². The maximum Gasteiger partial charge on any atom is 0.137 e. The summed E-state index contributed by atoms with van der Waals surface area (Å²) in [6.45, 7) is 6.45. The van der Waals surface area contributed by atoms with Crippen molar-refractivity contribution in [2.45, 2.75) is 26.1 Å². The summed E-state index contributed by atoms with van der Waals surface area (Å²) in [7, 11) is 0. The van der Waals surface area contributed by atoms with Crippen LogP contribution >= 0.6 is 11.3 Å². The average Bonchev–Trinajstić information content (AvgIpc) is 3.02. The molecule has 0 bridgehead atoms. The van der Waals surface area contributed by atoms with Gasteiger partial charge in [0.1, 0.15) is 12.7 Å². The molecule has 1 aliphatic rings. The molecule has 3 heterocycles. The summed E-state index contributed by atoms with van der Waals surface area (Å²) in [5.74, 6) is 0. The number of ether oxygens (including phenoxy) is 1. The molecular weight excluding hydrogens is 262 g/mol. The average molecular weight is 279 g/mol. The number of thiazole rings is 1. The van der Waals surface area contributed by atoms with Gasteiger partial charge in [-0.2, -0.15) is 5.10 Å². The molecular formula is C12H17N5OS. The van der Waals surface area contributed by atoms with E-state index in [0.29, 0.717) is 0 Å². The predicted molar refractivity (Wildman–Crippen MR) is 71.9 cm³/mol. The highest BCUT2D eigenvalue weighted by molar-refractivity contribution is 7.11. The van der Waals surface area contributed by atoms with Crippen LogP contribution in [0.15, 0.2) is 18.9 Å². The van der Waals surface area contributed by atoms with Crippen molar-refractivity contribution in [3.8, 4) is 0 Å². The highest BCUT2D eigenvalue weighted by atomic mass is 32.1. The maximum atomic E-state index is 5.78. The van der Waals surface area contributed by atoms with E-state index in [2.05, 4.69) is 20.0 Å². The van der Waals surface area contributed by atoms with Crippen molar-refractivity contribution in [1.82, 2.24) is 24.6 Å². The van der Waals surface area contributed by atoms with Crippen LogP contribution in [0.5, 0.6) is 0 Å². The summed E-state index contributed by atoms with van der Waals surface area (Å²) in [4.78, 5) is 12.0. The molecule has 3 rings (SSSR count). The third-order valence-corrected chi connectivity index (χ3v) is 4.03. The Morgan fingerprint density at radius 2 is 2.47 bits per heavy atom. The van der Waals surface area contributed by atoms with Gasteiger partial charge in [-0.05, 0) is 6.92 Å². The van der Waals surface area contributed by atoms with Crippen LogP contribution in [-0.4, -0.2) is 50.4 Å². The maximum absolute atomic E-state index is 5.78. The first-order valence-corrected chi connectivity index (χ1v) is 7.19. The molecule has 0 saturated carbocycles. The molecule has 0 aliphatic carbocycles. The third kappa shape index (κ3) is 3.37. The van der Waals surface area contributed by atoms with E-state index in [1.807, 2.05) is 17.8 Å². The Bertz CT molecular complexity index is 512. The normalized spacial score (nSPS) is 20.8. The highest BCUT2D eigenvalue weighted by Gasteiger charge is 2.21. The van der Waals surface area contributed by atoms with Gasteiger partial charge in [0, 0.05) is 30.7 Å². The number of nitrogens with zero attached hydrogens (tertiary/aromatic N) is 5. The monoisotopic (exact) mass is 279 g/mol. The Kier molecular flexibility index (Phi) is 3.86. The van der Waals surface area contributed by atoms with Crippen molar-refractivity contribution in [2.24, 2.45) is 0 Å². The summed E-state index contributed by atoms with van der Waals surface area (Å²) in [5.41, 5.74) is 0. The van der Waals surface area contributed by atoms with Crippen molar-refractivity contribution in [2.75, 3.05) is 19.7 Å². The van der Waals surface area contributed by atoms with Crippen molar-refractivity contribution in [3.05, 3.63) is 28.7 Å². The fourth-order valence-corrected chi connectivity index (χ4v) is 3.11. The highest BCUT2D eigenvalue weighted by Crippen LogP contribution is 2.16. The Hall–Kier alpha value is -1.31. The Balaban J connectivity index is 1.55. The van der Waals surface area contributed by atoms with Crippen LogP contribution in [0, 0.1) is 6.92 Å². The van der Waals surface area contributed by atoms with Crippen LogP contribution < -0.4 is 0 Å². The SMILES string of the molecule is Cc1ncc(CN2CCO[C@H](Cn3cncn3)C2)s1. The molecule has 0 spiro atoms. The summed E-state index contributed by atoms with van der Waals surface area (Å²) in [6.07, 6.45) is 5.45. The van der Waals surface area contributed by atoms with E-state index in [-0.39, 0.29) is 6.10 Å². The zero-order valence-electron chi connectivity index (χ0n) is 10.9. The molecule has 0 unspecified atom stereocenters. The van der Waals surface area contributed by atoms with Gasteiger partial charge in [0.15, 0.2) is 0 Å². The van der Waals surface area contributed by atoms with Gasteiger partial charge < -0.3 is 4.74 Å². The second kappa shape index (κ2) is 5.77. The molecule has 0 radical (unpaired) electrons. The van der Waals surface area contributed by atoms with Gasteiger partial charge in [0.2, 0.25) is 0 Å². The van der Waals surface area contributed by atoms with Crippen LogP contribution in [-0.2, 0) is 17.8 Å². The Morgan fingerprint density at radius 1 is 1.53 bits per heavy atom. The number of morpholine rings is 1. The van der Waals surface area contributed by atoms with Gasteiger partial charge in [-0.3, -0.25) is 9.58 Å². The molecule has 7 heteroatoms. The number of hydrogen-bond acceptors (Lipinski definition) is 6. The second-order valence-corrected chi connectivity index (χ2v) is 6.01. The fraction of sp³-hybridized carbons (Fsp3) is 0.583. The molecule has 0 N–H and O–H groups in total. The number of aryl methyl sites for hydroxylation is 1. The van der Waals surface area contributed by atoms with Crippen molar-refractivity contribution >= 4 is 11.3 Å². The zero-order chi connectivity index (χ0) is 13.1. The van der Waals surface area contributed by atoms with Crippen molar-refractivity contribution < 1.29 is 4.74 Å². The summed E-state index contributed by atoms with van der Waals surface area (Å²) in [6, 6.07) is 0. The Labute approximate surface area is 116 Å². The second-order valence-electron chi connectivity index (χ2n) is 4.69. The van der Waals surface area contributed by atoms with Crippen LogP contribution in [0.1, 0.15) is 9.88 Å². The lowest BCUT2D eigenvalue weighted by Gasteiger charge is -2.32. The van der Waals surface area contributed by atoms with Crippen LogP contribution in [0.25, 0.3) is 0 Å².